The average Bonchev–Trinajstić information content (AvgIpc) is 2.66. The van der Waals surface area contributed by atoms with Crippen LogP contribution in [-0.4, -0.2) is 29.2 Å². The first kappa shape index (κ1) is 21.9. The number of halogens is 4. The monoisotopic (exact) mass is 410 g/mol. The van der Waals surface area contributed by atoms with E-state index in [2.05, 4.69) is 15.3 Å². The molecule has 2 rings (SSSR count). The van der Waals surface area contributed by atoms with Gasteiger partial charge in [-0.25, -0.2) is 9.97 Å². The standard InChI is InChI=1S/C20H22ClF3N4/c1-2-17-18(21)19(28-13-27-17)26-11-9-14-5-7-15(8-6-14)12-16(4-3-10-25)20(22,23)24/h3-8,12-13H,2,9-11,25H2,1H3,(H,26,27,28)/b4-3-,16-12?. The Kier molecular flexibility index (Phi) is 8.02. The van der Waals surface area contributed by atoms with Crippen molar-refractivity contribution in [1.29, 1.82) is 0 Å². The zero-order chi connectivity index (χ0) is 20.6. The molecule has 0 spiro atoms. The number of allylic oxidation sites excluding steroid dienone is 2. The third-order valence-corrected chi connectivity index (χ3v) is 4.36. The van der Waals surface area contributed by atoms with Gasteiger partial charge in [0.1, 0.15) is 17.2 Å². The number of nitrogens with two attached hydrogens (primary N) is 1. The molecule has 150 valence electrons. The summed E-state index contributed by atoms with van der Waals surface area (Å²) in [5.41, 5.74) is 6.74. The predicted molar refractivity (Wildman–Crippen MR) is 107 cm³/mol. The number of hydrogen-bond acceptors (Lipinski definition) is 4. The molecule has 1 heterocycles. The Hall–Kier alpha value is -2.38. The van der Waals surface area contributed by atoms with Gasteiger partial charge < -0.3 is 11.1 Å². The molecule has 0 atom stereocenters. The lowest BCUT2D eigenvalue weighted by Gasteiger charge is -2.10. The highest BCUT2D eigenvalue weighted by Gasteiger charge is 2.31. The minimum absolute atomic E-state index is 0.0510. The molecule has 0 radical (unpaired) electrons. The van der Waals surface area contributed by atoms with Crippen molar-refractivity contribution >= 4 is 23.5 Å². The first-order valence-electron chi connectivity index (χ1n) is 8.82. The number of rotatable bonds is 8. The van der Waals surface area contributed by atoms with E-state index in [0.717, 1.165) is 23.4 Å². The first-order chi connectivity index (χ1) is 13.3. The summed E-state index contributed by atoms with van der Waals surface area (Å²) < 4.78 is 39.1. The van der Waals surface area contributed by atoms with E-state index in [-0.39, 0.29) is 6.54 Å². The second-order valence-electron chi connectivity index (χ2n) is 5.99. The zero-order valence-electron chi connectivity index (χ0n) is 15.4. The van der Waals surface area contributed by atoms with Crippen LogP contribution in [0.1, 0.15) is 23.7 Å². The van der Waals surface area contributed by atoms with E-state index in [1.54, 1.807) is 24.3 Å². The van der Waals surface area contributed by atoms with E-state index < -0.39 is 11.7 Å². The topological polar surface area (TPSA) is 63.8 Å². The van der Waals surface area contributed by atoms with E-state index in [1.807, 2.05) is 6.92 Å². The second kappa shape index (κ2) is 10.2. The van der Waals surface area contributed by atoms with Gasteiger partial charge in [0.05, 0.1) is 11.3 Å². The molecule has 0 bridgehead atoms. The highest BCUT2D eigenvalue weighted by Crippen LogP contribution is 2.28. The summed E-state index contributed by atoms with van der Waals surface area (Å²) in [7, 11) is 0. The molecule has 28 heavy (non-hydrogen) atoms. The fraction of sp³-hybridized carbons (Fsp3) is 0.300. The summed E-state index contributed by atoms with van der Waals surface area (Å²) in [5.74, 6) is 0.578. The van der Waals surface area contributed by atoms with Crippen LogP contribution in [0.25, 0.3) is 6.08 Å². The Labute approximate surface area is 167 Å². The summed E-state index contributed by atoms with van der Waals surface area (Å²) in [6.45, 7) is 2.60. The highest BCUT2D eigenvalue weighted by atomic mass is 35.5. The summed E-state index contributed by atoms with van der Waals surface area (Å²) >= 11 is 6.23. The van der Waals surface area contributed by atoms with Crippen LogP contribution >= 0.6 is 11.6 Å². The Morgan fingerprint density at radius 1 is 1.21 bits per heavy atom. The molecule has 2 aromatic rings. The van der Waals surface area contributed by atoms with Crippen molar-refractivity contribution < 1.29 is 13.2 Å². The molecule has 0 saturated heterocycles. The molecule has 8 heteroatoms. The number of hydrogen-bond donors (Lipinski definition) is 2. The molecule has 0 unspecified atom stereocenters. The summed E-state index contributed by atoms with van der Waals surface area (Å²) in [4.78, 5) is 8.24. The molecule has 1 aromatic heterocycles. The van der Waals surface area contributed by atoms with Crippen molar-refractivity contribution in [1.82, 2.24) is 9.97 Å². The van der Waals surface area contributed by atoms with Crippen LogP contribution in [0, 0.1) is 0 Å². The van der Waals surface area contributed by atoms with Gasteiger partial charge >= 0.3 is 6.18 Å². The second-order valence-corrected chi connectivity index (χ2v) is 6.37. The lowest BCUT2D eigenvalue weighted by Crippen LogP contribution is -2.10. The molecular weight excluding hydrogens is 389 g/mol. The van der Waals surface area contributed by atoms with Gasteiger partial charge in [-0.2, -0.15) is 13.2 Å². The molecule has 0 aliphatic carbocycles. The number of nitrogens with zero attached hydrogens (tertiary/aromatic N) is 2. The Balaban J connectivity index is 2.01. The van der Waals surface area contributed by atoms with Gasteiger partial charge in [-0.3, -0.25) is 0 Å². The van der Waals surface area contributed by atoms with Crippen molar-refractivity contribution in [2.24, 2.45) is 5.73 Å². The minimum Gasteiger partial charge on any atom is -0.368 e. The molecule has 0 aliphatic rings. The van der Waals surface area contributed by atoms with Gasteiger partial charge in [-0.05, 0) is 30.0 Å². The van der Waals surface area contributed by atoms with Gasteiger partial charge in [0.2, 0.25) is 0 Å². The van der Waals surface area contributed by atoms with Gasteiger partial charge in [0, 0.05) is 13.1 Å². The number of alkyl halides is 3. The van der Waals surface area contributed by atoms with Crippen LogP contribution in [0.5, 0.6) is 0 Å². The molecule has 3 N–H and O–H groups in total. The molecule has 0 saturated carbocycles. The van der Waals surface area contributed by atoms with Crippen LogP contribution in [0.4, 0.5) is 19.0 Å². The summed E-state index contributed by atoms with van der Waals surface area (Å²) in [6.07, 6.45) is 1.79. The van der Waals surface area contributed by atoms with E-state index in [1.165, 1.54) is 12.4 Å². The van der Waals surface area contributed by atoms with E-state index in [4.69, 9.17) is 17.3 Å². The van der Waals surface area contributed by atoms with Gasteiger partial charge in [0.25, 0.3) is 0 Å². The lowest BCUT2D eigenvalue weighted by atomic mass is 10.1. The van der Waals surface area contributed by atoms with Gasteiger partial charge in [-0.1, -0.05) is 54.9 Å². The summed E-state index contributed by atoms with van der Waals surface area (Å²) in [6, 6.07) is 6.91. The maximum atomic E-state index is 13.0. The molecule has 0 aliphatic heterocycles. The maximum absolute atomic E-state index is 13.0. The number of anilines is 1. The number of aryl methyl sites for hydroxylation is 1. The van der Waals surface area contributed by atoms with Gasteiger partial charge in [0.15, 0.2) is 0 Å². The zero-order valence-corrected chi connectivity index (χ0v) is 16.2. The Bertz CT molecular complexity index is 830. The van der Waals surface area contributed by atoms with Crippen molar-refractivity contribution in [3.05, 3.63) is 70.2 Å². The fourth-order valence-corrected chi connectivity index (χ4v) is 2.78. The molecule has 0 fully saturated rings. The highest BCUT2D eigenvalue weighted by molar-refractivity contribution is 6.33. The minimum atomic E-state index is -4.43. The predicted octanol–water partition coefficient (Wildman–Crippen LogP) is 4.81. The molecule has 0 amide bonds. The average molecular weight is 411 g/mol. The summed E-state index contributed by atoms with van der Waals surface area (Å²) in [5, 5.41) is 3.67. The Morgan fingerprint density at radius 3 is 2.54 bits per heavy atom. The van der Waals surface area contributed by atoms with Crippen LogP contribution < -0.4 is 11.1 Å². The van der Waals surface area contributed by atoms with Crippen LogP contribution in [0.3, 0.4) is 0 Å². The van der Waals surface area contributed by atoms with Gasteiger partial charge in [-0.15, -0.1) is 0 Å². The van der Waals surface area contributed by atoms with Crippen LogP contribution in [0.2, 0.25) is 5.02 Å². The normalized spacial score (nSPS) is 12.6. The van der Waals surface area contributed by atoms with Crippen molar-refractivity contribution in [2.75, 3.05) is 18.4 Å². The van der Waals surface area contributed by atoms with E-state index in [0.29, 0.717) is 35.8 Å². The third kappa shape index (κ3) is 6.35. The van der Waals surface area contributed by atoms with Crippen LogP contribution in [0.15, 0.2) is 48.3 Å². The SMILES string of the molecule is CCc1ncnc(NCCc2ccc(C=C(/C=C\CN)C(F)(F)F)cc2)c1Cl. The van der Waals surface area contributed by atoms with Crippen LogP contribution in [-0.2, 0) is 12.8 Å². The lowest BCUT2D eigenvalue weighted by molar-refractivity contribution is -0.0873. The molecule has 1 aromatic carbocycles. The molecule has 4 nitrogen and oxygen atoms in total. The Morgan fingerprint density at radius 2 is 1.93 bits per heavy atom. The molecular formula is C20H22ClF3N4. The van der Waals surface area contributed by atoms with Crippen molar-refractivity contribution in [3.63, 3.8) is 0 Å². The van der Waals surface area contributed by atoms with E-state index in [9.17, 15) is 13.2 Å². The maximum Gasteiger partial charge on any atom is 0.416 e. The number of benzene rings is 1. The smallest absolute Gasteiger partial charge is 0.368 e. The van der Waals surface area contributed by atoms with Crippen molar-refractivity contribution in [2.45, 2.75) is 25.9 Å². The first-order valence-corrected chi connectivity index (χ1v) is 9.20. The van der Waals surface area contributed by atoms with E-state index >= 15 is 0 Å². The third-order valence-electron chi connectivity index (χ3n) is 3.97. The van der Waals surface area contributed by atoms with Crippen molar-refractivity contribution in [3.8, 4) is 0 Å². The largest absolute Gasteiger partial charge is 0.416 e. The number of aromatic nitrogens is 2. The fourth-order valence-electron chi connectivity index (χ4n) is 2.48. The quantitative estimate of drug-likeness (QED) is 0.613. The number of nitrogens with one attached hydrogen (secondary N) is 1.